The fourth-order valence-corrected chi connectivity index (χ4v) is 4.25. The first-order chi connectivity index (χ1) is 14.1. The molecule has 0 saturated carbocycles. The van der Waals surface area contributed by atoms with E-state index in [1.807, 2.05) is 0 Å². The number of imidazole rings is 1. The van der Waals surface area contributed by atoms with Gasteiger partial charge in [0.05, 0.1) is 5.02 Å². The molecule has 0 fully saturated rings. The number of nitrogens with one attached hydrogen (secondary N) is 1. The molecule has 1 amide bonds. The summed E-state index contributed by atoms with van der Waals surface area (Å²) in [4.78, 5) is 17.1. The smallest absolute Gasteiger partial charge is 0.252 e. The summed E-state index contributed by atoms with van der Waals surface area (Å²) in [5.74, 6) is -0.399. The van der Waals surface area contributed by atoms with Crippen LogP contribution in [0.15, 0.2) is 59.8 Å². The molecule has 7 nitrogen and oxygen atoms in total. The third-order valence-corrected chi connectivity index (χ3v) is 6.84. The number of hydrogen-bond donors (Lipinski definition) is 1. The number of rotatable bonds is 6. The summed E-state index contributed by atoms with van der Waals surface area (Å²) in [6.07, 6.45) is 3.31. The van der Waals surface area contributed by atoms with Gasteiger partial charge in [-0.05, 0) is 35.9 Å². The Balaban J connectivity index is 1.99. The zero-order valence-electron chi connectivity index (χ0n) is 16.5. The van der Waals surface area contributed by atoms with Gasteiger partial charge >= 0.3 is 0 Å². The van der Waals surface area contributed by atoms with Gasteiger partial charge in [0.2, 0.25) is 10.0 Å². The summed E-state index contributed by atoms with van der Waals surface area (Å²) in [6, 6.07) is 9.04. The van der Waals surface area contributed by atoms with Crippen LogP contribution in [0.2, 0.25) is 5.02 Å². The van der Waals surface area contributed by atoms with E-state index in [1.54, 1.807) is 36.1 Å². The second-order valence-electron chi connectivity index (χ2n) is 6.79. The number of halogens is 2. The van der Waals surface area contributed by atoms with E-state index in [0.29, 0.717) is 11.4 Å². The third-order valence-electron chi connectivity index (χ3n) is 4.55. The van der Waals surface area contributed by atoms with E-state index in [0.717, 1.165) is 4.31 Å². The van der Waals surface area contributed by atoms with Gasteiger partial charge < -0.3 is 9.88 Å². The van der Waals surface area contributed by atoms with E-state index in [4.69, 9.17) is 11.6 Å². The van der Waals surface area contributed by atoms with Gasteiger partial charge in [-0.25, -0.2) is 22.1 Å². The molecular formula is C20H20ClFN4O3S. The zero-order chi connectivity index (χ0) is 22.1. The summed E-state index contributed by atoms with van der Waals surface area (Å²) in [6.45, 7) is 0. The molecule has 0 aliphatic rings. The van der Waals surface area contributed by atoms with E-state index in [1.165, 1.54) is 44.4 Å². The molecule has 0 aliphatic heterocycles. The van der Waals surface area contributed by atoms with Crippen LogP contribution in [-0.4, -0.2) is 42.3 Å². The first kappa shape index (κ1) is 21.9. The fraction of sp³-hybridized carbons (Fsp3) is 0.200. The Kier molecular flexibility index (Phi) is 6.25. The van der Waals surface area contributed by atoms with Crippen LogP contribution in [0.25, 0.3) is 0 Å². The van der Waals surface area contributed by atoms with Crippen molar-refractivity contribution in [3.05, 3.63) is 82.6 Å². The van der Waals surface area contributed by atoms with Crippen LogP contribution in [0.4, 0.5) is 4.39 Å². The maximum atomic E-state index is 13.4. The minimum Gasteiger partial charge on any atom is -0.338 e. The van der Waals surface area contributed by atoms with Gasteiger partial charge in [0.1, 0.15) is 22.6 Å². The molecule has 10 heteroatoms. The third kappa shape index (κ3) is 4.38. The lowest BCUT2D eigenvalue weighted by molar-refractivity contribution is 0.0941. The number of carbonyl (C=O) groups is 1. The lowest BCUT2D eigenvalue weighted by Crippen LogP contribution is -2.31. The van der Waals surface area contributed by atoms with Crippen molar-refractivity contribution in [2.45, 2.75) is 10.9 Å². The standard InChI is InChI=1S/C20H20ClFN4O3S/c1-25(2)30(28,29)17-12-14(6-9-16(17)21)20(27)24-18(19-23-10-11-26(19)3)13-4-7-15(22)8-5-13/h4-12,18H,1-3H3,(H,24,27). The number of sulfonamides is 1. The molecule has 1 atom stereocenters. The molecule has 3 rings (SSSR count). The molecule has 30 heavy (non-hydrogen) atoms. The number of carbonyl (C=O) groups excluding carboxylic acids is 1. The second-order valence-corrected chi connectivity index (χ2v) is 9.31. The molecule has 0 saturated heterocycles. The summed E-state index contributed by atoms with van der Waals surface area (Å²) in [7, 11) is 0.695. The maximum absolute atomic E-state index is 13.4. The monoisotopic (exact) mass is 450 g/mol. The number of hydrogen-bond acceptors (Lipinski definition) is 4. The lowest BCUT2D eigenvalue weighted by Gasteiger charge is -2.20. The Morgan fingerprint density at radius 2 is 1.87 bits per heavy atom. The number of aryl methyl sites for hydroxylation is 1. The first-order valence-corrected chi connectivity index (χ1v) is 10.7. The van der Waals surface area contributed by atoms with Gasteiger partial charge in [-0.3, -0.25) is 4.79 Å². The van der Waals surface area contributed by atoms with Crippen LogP contribution in [0.3, 0.4) is 0 Å². The van der Waals surface area contributed by atoms with Crippen LogP contribution in [-0.2, 0) is 17.1 Å². The molecule has 158 valence electrons. The lowest BCUT2D eigenvalue weighted by atomic mass is 10.1. The minimum absolute atomic E-state index is 0.0134. The quantitative estimate of drug-likeness (QED) is 0.625. The number of nitrogens with zero attached hydrogens (tertiary/aromatic N) is 3. The predicted octanol–water partition coefficient (Wildman–Crippen LogP) is 2.98. The van der Waals surface area contributed by atoms with Crippen molar-refractivity contribution in [1.29, 1.82) is 0 Å². The number of amides is 1. The molecule has 0 spiro atoms. The van der Waals surface area contributed by atoms with Crippen molar-refractivity contribution in [3.63, 3.8) is 0 Å². The van der Waals surface area contributed by atoms with Gasteiger partial charge in [-0.15, -0.1) is 0 Å². The van der Waals surface area contributed by atoms with E-state index < -0.39 is 27.8 Å². The number of benzene rings is 2. The molecular weight excluding hydrogens is 431 g/mol. The SMILES string of the molecule is CN(C)S(=O)(=O)c1cc(C(=O)NC(c2ccc(F)cc2)c2nccn2C)ccc1Cl. The van der Waals surface area contributed by atoms with Crippen molar-refractivity contribution >= 4 is 27.5 Å². The normalized spacial score (nSPS) is 12.7. The minimum atomic E-state index is -3.84. The fourth-order valence-electron chi connectivity index (χ4n) is 2.86. The van der Waals surface area contributed by atoms with Crippen LogP contribution in [0.1, 0.15) is 27.8 Å². The predicted molar refractivity (Wildman–Crippen MR) is 111 cm³/mol. The highest BCUT2D eigenvalue weighted by Crippen LogP contribution is 2.26. The Hall–Kier alpha value is -2.75. The summed E-state index contributed by atoms with van der Waals surface area (Å²) in [5, 5.41) is 2.86. The van der Waals surface area contributed by atoms with Gasteiger partial charge in [-0.1, -0.05) is 23.7 Å². The Bertz CT molecular complexity index is 1180. The van der Waals surface area contributed by atoms with Gasteiger partial charge in [0.25, 0.3) is 5.91 Å². The molecule has 1 heterocycles. The van der Waals surface area contributed by atoms with E-state index in [9.17, 15) is 17.6 Å². The second kappa shape index (κ2) is 8.55. The zero-order valence-corrected chi connectivity index (χ0v) is 18.1. The van der Waals surface area contributed by atoms with Crippen LogP contribution >= 0.6 is 11.6 Å². The molecule has 0 bridgehead atoms. The highest BCUT2D eigenvalue weighted by atomic mass is 35.5. The highest BCUT2D eigenvalue weighted by molar-refractivity contribution is 7.89. The van der Waals surface area contributed by atoms with E-state index in [-0.39, 0.29) is 15.5 Å². The average Bonchev–Trinajstić information content (AvgIpc) is 3.12. The molecule has 2 aromatic carbocycles. The van der Waals surface area contributed by atoms with Crippen molar-refractivity contribution in [2.24, 2.45) is 7.05 Å². The van der Waals surface area contributed by atoms with E-state index in [2.05, 4.69) is 10.3 Å². The Morgan fingerprint density at radius 3 is 2.43 bits per heavy atom. The van der Waals surface area contributed by atoms with Crippen LogP contribution in [0, 0.1) is 5.82 Å². The van der Waals surface area contributed by atoms with Crippen molar-refractivity contribution < 1.29 is 17.6 Å². The van der Waals surface area contributed by atoms with Gasteiger partial charge in [-0.2, -0.15) is 0 Å². The van der Waals surface area contributed by atoms with Crippen molar-refractivity contribution in [2.75, 3.05) is 14.1 Å². The summed E-state index contributed by atoms with van der Waals surface area (Å²) in [5.41, 5.74) is 0.732. The average molecular weight is 451 g/mol. The van der Waals surface area contributed by atoms with Crippen molar-refractivity contribution in [3.8, 4) is 0 Å². The molecule has 1 N–H and O–H groups in total. The maximum Gasteiger partial charge on any atom is 0.252 e. The molecule has 1 aromatic heterocycles. The Morgan fingerprint density at radius 1 is 1.20 bits per heavy atom. The topological polar surface area (TPSA) is 84.3 Å². The Labute approximate surface area is 179 Å². The molecule has 0 aliphatic carbocycles. The van der Waals surface area contributed by atoms with Crippen LogP contribution in [0.5, 0.6) is 0 Å². The van der Waals surface area contributed by atoms with Gasteiger partial charge in [0, 0.05) is 39.1 Å². The molecule has 1 unspecified atom stereocenters. The van der Waals surface area contributed by atoms with Crippen molar-refractivity contribution in [1.82, 2.24) is 19.2 Å². The number of aromatic nitrogens is 2. The summed E-state index contributed by atoms with van der Waals surface area (Å²) < 4.78 is 41.1. The first-order valence-electron chi connectivity index (χ1n) is 8.87. The van der Waals surface area contributed by atoms with E-state index >= 15 is 0 Å². The molecule has 0 radical (unpaired) electrons. The molecule has 3 aromatic rings. The summed E-state index contributed by atoms with van der Waals surface area (Å²) >= 11 is 6.06. The largest absolute Gasteiger partial charge is 0.338 e. The van der Waals surface area contributed by atoms with Crippen LogP contribution < -0.4 is 5.32 Å². The highest BCUT2D eigenvalue weighted by Gasteiger charge is 2.25. The van der Waals surface area contributed by atoms with Gasteiger partial charge in [0.15, 0.2) is 0 Å².